The molecule has 0 aromatic heterocycles. The molecule has 1 aliphatic heterocycles. The van der Waals surface area contributed by atoms with Crippen LogP contribution in [0.4, 0.5) is 0 Å². The van der Waals surface area contributed by atoms with Gasteiger partial charge in [-0.1, -0.05) is 22.0 Å². The number of nitrogens with two attached hydrogens (primary N) is 1. The SMILES string of the molecule is Cc1ccc(Br)cc1C(NN)C1=COCCC1. The van der Waals surface area contributed by atoms with Crippen molar-refractivity contribution in [2.45, 2.75) is 25.8 Å². The number of hydrogen-bond acceptors (Lipinski definition) is 3. The van der Waals surface area contributed by atoms with Crippen molar-refractivity contribution < 1.29 is 4.74 Å². The summed E-state index contributed by atoms with van der Waals surface area (Å²) in [5, 5.41) is 0. The molecule has 2 rings (SSSR count). The van der Waals surface area contributed by atoms with E-state index in [1.165, 1.54) is 16.7 Å². The Morgan fingerprint density at radius 1 is 1.47 bits per heavy atom. The van der Waals surface area contributed by atoms with Gasteiger partial charge in [0.25, 0.3) is 0 Å². The monoisotopic (exact) mass is 296 g/mol. The van der Waals surface area contributed by atoms with Crippen molar-refractivity contribution in [3.63, 3.8) is 0 Å². The van der Waals surface area contributed by atoms with E-state index in [9.17, 15) is 0 Å². The lowest BCUT2D eigenvalue weighted by molar-refractivity contribution is 0.219. The molecule has 92 valence electrons. The van der Waals surface area contributed by atoms with E-state index in [2.05, 4.69) is 40.4 Å². The van der Waals surface area contributed by atoms with Crippen molar-refractivity contribution >= 4 is 15.9 Å². The topological polar surface area (TPSA) is 47.3 Å². The lowest BCUT2D eigenvalue weighted by Crippen LogP contribution is -2.30. The van der Waals surface area contributed by atoms with Gasteiger partial charge < -0.3 is 4.74 Å². The highest BCUT2D eigenvalue weighted by molar-refractivity contribution is 9.10. The van der Waals surface area contributed by atoms with Gasteiger partial charge in [-0.15, -0.1) is 0 Å². The van der Waals surface area contributed by atoms with Crippen LogP contribution in [0.5, 0.6) is 0 Å². The molecule has 1 atom stereocenters. The van der Waals surface area contributed by atoms with E-state index in [1.54, 1.807) is 0 Å². The van der Waals surface area contributed by atoms with Gasteiger partial charge in [0.2, 0.25) is 0 Å². The van der Waals surface area contributed by atoms with Gasteiger partial charge in [0.15, 0.2) is 0 Å². The lowest BCUT2D eigenvalue weighted by atomic mass is 9.93. The molecule has 0 saturated heterocycles. The Morgan fingerprint density at radius 3 is 2.94 bits per heavy atom. The minimum absolute atomic E-state index is 0.0350. The molecule has 17 heavy (non-hydrogen) atoms. The van der Waals surface area contributed by atoms with Crippen molar-refractivity contribution in [1.82, 2.24) is 5.43 Å². The molecule has 1 unspecified atom stereocenters. The van der Waals surface area contributed by atoms with Crippen LogP contribution >= 0.6 is 15.9 Å². The molecular formula is C13H17BrN2O. The summed E-state index contributed by atoms with van der Waals surface area (Å²) >= 11 is 3.50. The fraction of sp³-hybridized carbons (Fsp3) is 0.385. The zero-order chi connectivity index (χ0) is 12.3. The van der Waals surface area contributed by atoms with E-state index in [4.69, 9.17) is 10.6 Å². The van der Waals surface area contributed by atoms with Crippen LogP contribution in [0.3, 0.4) is 0 Å². The van der Waals surface area contributed by atoms with Gasteiger partial charge in [-0.25, -0.2) is 5.43 Å². The number of rotatable bonds is 3. The lowest BCUT2D eigenvalue weighted by Gasteiger charge is -2.24. The first-order valence-corrected chi connectivity index (χ1v) is 6.54. The van der Waals surface area contributed by atoms with E-state index >= 15 is 0 Å². The second-order valence-corrected chi connectivity index (χ2v) is 5.18. The number of halogens is 1. The normalized spacial score (nSPS) is 17.2. The maximum atomic E-state index is 5.69. The van der Waals surface area contributed by atoms with Crippen LogP contribution < -0.4 is 11.3 Å². The van der Waals surface area contributed by atoms with Gasteiger partial charge in [-0.2, -0.15) is 0 Å². The molecule has 1 aliphatic rings. The predicted molar refractivity (Wildman–Crippen MR) is 72.2 cm³/mol. The van der Waals surface area contributed by atoms with Crippen LogP contribution in [0.2, 0.25) is 0 Å². The highest BCUT2D eigenvalue weighted by Crippen LogP contribution is 2.30. The largest absolute Gasteiger partial charge is 0.501 e. The fourth-order valence-electron chi connectivity index (χ4n) is 2.12. The average Bonchev–Trinajstić information content (AvgIpc) is 2.36. The zero-order valence-electron chi connectivity index (χ0n) is 9.87. The molecular weight excluding hydrogens is 280 g/mol. The molecule has 4 heteroatoms. The minimum atomic E-state index is 0.0350. The van der Waals surface area contributed by atoms with Gasteiger partial charge in [-0.3, -0.25) is 5.84 Å². The number of hydrazine groups is 1. The third-order valence-electron chi connectivity index (χ3n) is 3.05. The molecule has 0 amide bonds. The first-order chi connectivity index (χ1) is 8.22. The number of benzene rings is 1. The molecule has 0 spiro atoms. The van der Waals surface area contributed by atoms with Crippen LogP contribution in [0.15, 0.2) is 34.5 Å². The molecule has 1 aromatic carbocycles. The Kier molecular flexibility index (Phi) is 4.20. The first kappa shape index (κ1) is 12.6. The number of nitrogens with one attached hydrogen (secondary N) is 1. The maximum absolute atomic E-state index is 5.69. The molecule has 0 fully saturated rings. The van der Waals surface area contributed by atoms with Crippen LogP contribution in [-0.4, -0.2) is 6.61 Å². The van der Waals surface area contributed by atoms with Crippen molar-refractivity contribution in [3.8, 4) is 0 Å². The minimum Gasteiger partial charge on any atom is -0.501 e. The Labute approximate surface area is 110 Å². The zero-order valence-corrected chi connectivity index (χ0v) is 11.5. The molecule has 1 aromatic rings. The van der Waals surface area contributed by atoms with E-state index in [1.807, 2.05) is 12.3 Å². The number of hydrogen-bond donors (Lipinski definition) is 2. The summed E-state index contributed by atoms with van der Waals surface area (Å²) < 4.78 is 6.45. The molecule has 3 nitrogen and oxygen atoms in total. The van der Waals surface area contributed by atoms with E-state index in [-0.39, 0.29) is 6.04 Å². The van der Waals surface area contributed by atoms with Crippen molar-refractivity contribution in [2.24, 2.45) is 5.84 Å². The molecule has 1 heterocycles. The van der Waals surface area contributed by atoms with Crippen molar-refractivity contribution in [2.75, 3.05) is 6.61 Å². The summed E-state index contributed by atoms with van der Waals surface area (Å²) in [7, 11) is 0. The van der Waals surface area contributed by atoms with Crippen LogP contribution in [-0.2, 0) is 4.74 Å². The van der Waals surface area contributed by atoms with Gasteiger partial charge >= 0.3 is 0 Å². The Bertz CT molecular complexity index is 431. The summed E-state index contributed by atoms with van der Waals surface area (Å²) in [5.41, 5.74) is 6.51. The summed E-state index contributed by atoms with van der Waals surface area (Å²) in [6, 6.07) is 6.27. The Morgan fingerprint density at radius 2 is 2.29 bits per heavy atom. The van der Waals surface area contributed by atoms with E-state index < -0.39 is 0 Å². The van der Waals surface area contributed by atoms with Crippen LogP contribution in [0, 0.1) is 6.92 Å². The fourth-order valence-corrected chi connectivity index (χ4v) is 2.49. The highest BCUT2D eigenvalue weighted by Gasteiger charge is 2.19. The first-order valence-electron chi connectivity index (χ1n) is 5.75. The van der Waals surface area contributed by atoms with Crippen molar-refractivity contribution in [1.29, 1.82) is 0 Å². The third-order valence-corrected chi connectivity index (χ3v) is 3.55. The predicted octanol–water partition coefficient (Wildman–Crippen LogP) is 2.96. The molecule has 0 saturated carbocycles. The highest BCUT2D eigenvalue weighted by atomic mass is 79.9. The third kappa shape index (κ3) is 2.89. The summed E-state index contributed by atoms with van der Waals surface area (Å²) in [6.07, 6.45) is 3.92. The Balaban J connectivity index is 2.34. The van der Waals surface area contributed by atoms with Gasteiger partial charge in [0.1, 0.15) is 0 Å². The molecule has 3 N–H and O–H groups in total. The van der Waals surface area contributed by atoms with E-state index in [0.29, 0.717) is 0 Å². The van der Waals surface area contributed by atoms with Crippen molar-refractivity contribution in [3.05, 3.63) is 45.6 Å². The molecule has 0 bridgehead atoms. The van der Waals surface area contributed by atoms with E-state index in [0.717, 1.165) is 23.9 Å². The summed E-state index contributed by atoms with van der Waals surface area (Å²) in [6.45, 7) is 2.90. The smallest absolute Gasteiger partial charge is 0.0876 e. The second kappa shape index (κ2) is 5.67. The van der Waals surface area contributed by atoms with Gasteiger partial charge in [-0.05, 0) is 48.6 Å². The quantitative estimate of drug-likeness (QED) is 0.666. The maximum Gasteiger partial charge on any atom is 0.0876 e. The van der Waals surface area contributed by atoms with Crippen LogP contribution in [0.1, 0.15) is 30.0 Å². The van der Waals surface area contributed by atoms with Gasteiger partial charge in [0.05, 0.1) is 18.9 Å². The Hall–Kier alpha value is -0.840. The molecule has 0 aliphatic carbocycles. The standard InChI is InChI=1S/C13H17BrN2O/c1-9-4-5-11(14)7-12(9)13(16-15)10-3-2-6-17-8-10/h4-5,7-8,13,16H,2-3,6,15H2,1H3. The second-order valence-electron chi connectivity index (χ2n) is 4.27. The van der Waals surface area contributed by atoms with Gasteiger partial charge in [0, 0.05) is 4.47 Å². The van der Waals surface area contributed by atoms with Crippen LogP contribution in [0.25, 0.3) is 0 Å². The number of aryl methyl sites for hydroxylation is 1. The summed E-state index contributed by atoms with van der Waals surface area (Å²) in [5.74, 6) is 5.69. The summed E-state index contributed by atoms with van der Waals surface area (Å²) in [4.78, 5) is 0. The number of ether oxygens (including phenoxy) is 1. The average molecular weight is 297 g/mol. The molecule has 0 radical (unpaired) electrons.